The number of rotatable bonds is 3. The zero-order valence-corrected chi connectivity index (χ0v) is 11.7. The topological polar surface area (TPSA) is 63.4 Å². The van der Waals surface area contributed by atoms with E-state index in [0.29, 0.717) is 18.0 Å². The summed E-state index contributed by atoms with van der Waals surface area (Å²) in [6.07, 6.45) is 0.875. The first kappa shape index (κ1) is 13.4. The molecule has 0 bridgehead atoms. The van der Waals surface area contributed by atoms with Crippen molar-refractivity contribution in [2.45, 2.75) is 30.4 Å². The Morgan fingerprint density at radius 3 is 2.83 bits per heavy atom. The van der Waals surface area contributed by atoms with Gasteiger partial charge in [0.25, 0.3) is 0 Å². The summed E-state index contributed by atoms with van der Waals surface area (Å²) < 4.78 is 24.6. The molecule has 1 aliphatic heterocycles. The molecule has 1 unspecified atom stereocenters. The van der Waals surface area contributed by atoms with Gasteiger partial charge in [-0.2, -0.15) is 0 Å². The van der Waals surface area contributed by atoms with E-state index in [9.17, 15) is 8.42 Å². The third-order valence-corrected chi connectivity index (χ3v) is 5.55. The third-order valence-electron chi connectivity index (χ3n) is 3.40. The van der Waals surface area contributed by atoms with Crippen molar-refractivity contribution < 1.29 is 8.42 Å². The molecule has 1 aromatic carbocycles. The monoisotopic (exact) mass is 268 g/mol. The summed E-state index contributed by atoms with van der Waals surface area (Å²) in [5.41, 5.74) is 7.34. The lowest BCUT2D eigenvalue weighted by molar-refractivity contribution is 0.571. The second-order valence-electron chi connectivity index (χ2n) is 4.92. The molecular weight excluding hydrogens is 248 g/mol. The number of hydrogen-bond donors (Lipinski definition) is 1. The highest BCUT2D eigenvalue weighted by Crippen LogP contribution is 2.34. The second kappa shape index (κ2) is 4.90. The van der Waals surface area contributed by atoms with Gasteiger partial charge in [-0.3, -0.25) is 0 Å². The summed E-state index contributed by atoms with van der Waals surface area (Å²) in [7, 11) is -3.17. The average Bonchev–Trinajstić information content (AvgIpc) is 2.33. The van der Waals surface area contributed by atoms with E-state index in [2.05, 4.69) is 4.90 Å². The van der Waals surface area contributed by atoms with Crippen LogP contribution in [0.5, 0.6) is 0 Å². The summed E-state index contributed by atoms with van der Waals surface area (Å²) in [4.78, 5) is 2.60. The Balaban J connectivity index is 2.48. The summed E-state index contributed by atoms with van der Waals surface area (Å²) in [5, 5.41) is -0.357. The number of sulfone groups is 1. The fraction of sp³-hybridized carbons (Fsp3) is 0.538. The van der Waals surface area contributed by atoms with Crippen LogP contribution in [0.15, 0.2) is 23.1 Å². The van der Waals surface area contributed by atoms with Crippen LogP contribution in [0.3, 0.4) is 0 Å². The highest BCUT2D eigenvalue weighted by atomic mass is 32.2. The SMILES string of the molecule is Cc1ccc2c(c1)S(=O)(=O)C(C)CN2CCCN. The molecule has 1 aliphatic rings. The Labute approximate surface area is 109 Å². The van der Waals surface area contributed by atoms with Crippen molar-refractivity contribution in [2.24, 2.45) is 5.73 Å². The second-order valence-corrected chi connectivity index (χ2v) is 7.25. The van der Waals surface area contributed by atoms with Crippen LogP contribution >= 0.6 is 0 Å². The predicted molar refractivity (Wildman–Crippen MR) is 73.7 cm³/mol. The summed E-state index contributed by atoms with van der Waals surface area (Å²) in [6.45, 7) is 5.68. The first-order valence-corrected chi connectivity index (χ1v) is 7.81. The van der Waals surface area contributed by atoms with Crippen molar-refractivity contribution in [2.75, 3.05) is 24.5 Å². The maximum atomic E-state index is 12.3. The van der Waals surface area contributed by atoms with Crippen LogP contribution in [-0.2, 0) is 9.84 Å². The van der Waals surface area contributed by atoms with Crippen LogP contribution in [0.1, 0.15) is 18.9 Å². The molecule has 0 fully saturated rings. The normalized spacial score (nSPS) is 21.7. The minimum Gasteiger partial charge on any atom is -0.369 e. The quantitative estimate of drug-likeness (QED) is 0.898. The average molecular weight is 268 g/mol. The van der Waals surface area contributed by atoms with E-state index in [1.165, 1.54) is 0 Å². The zero-order chi connectivity index (χ0) is 13.3. The fourth-order valence-electron chi connectivity index (χ4n) is 2.33. The molecule has 4 nitrogen and oxygen atoms in total. The first-order chi connectivity index (χ1) is 8.46. The van der Waals surface area contributed by atoms with E-state index in [1.807, 2.05) is 19.1 Å². The molecule has 18 heavy (non-hydrogen) atoms. The van der Waals surface area contributed by atoms with Crippen molar-refractivity contribution in [3.05, 3.63) is 23.8 Å². The minimum absolute atomic E-state index is 0.357. The van der Waals surface area contributed by atoms with Gasteiger partial charge >= 0.3 is 0 Å². The molecule has 0 aromatic heterocycles. The predicted octanol–water partition coefficient (Wildman–Crippen LogP) is 1.33. The number of aryl methyl sites for hydroxylation is 1. The standard InChI is InChI=1S/C13H20N2O2S/c1-10-4-5-12-13(8-10)18(16,17)11(2)9-15(12)7-3-6-14/h4-5,8,11H,3,6-7,9,14H2,1-2H3. The molecule has 1 atom stereocenters. The Hall–Kier alpha value is -1.07. The van der Waals surface area contributed by atoms with Gasteiger partial charge in [-0.25, -0.2) is 8.42 Å². The number of nitrogens with zero attached hydrogens (tertiary/aromatic N) is 1. The Morgan fingerprint density at radius 1 is 1.44 bits per heavy atom. The van der Waals surface area contributed by atoms with E-state index in [1.54, 1.807) is 13.0 Å². The molecule has 2 rings (SSSR count). The van der Waals surface area contributed by atoms with E-state index >= 15 is 0 Å². The third kappa shape index (κ3) is 2.24. The highest BCUT2D eigenvalue weighted by Gasteiger charge is 2.34. The number of anilines is 1. The van der Waals surface area contributed by atoms with Gasteiger partial charge in [0, 0.05) is 13.1 Å². The minimum atomic E-state index is -3.17. The molecule has 0 saturated carbocycles. The van der Waals surface area contributed by atoms with Gasteiger partial charge in [0.15, 0.2) is 9.84 Å². The van der Waals surface area contributed by atoms with Crippen molar-refractivity contribution in [1.82, 2.24) is 0 Å². The van der Waals surface area contributed by atoms with Gasteiger partial charge in [-0.05, 0) is 44.5 Å². The van der Waals surface area contributed by atoms with Crippen molar-refractivity contribution in [3.63, 3.8) is 0 Å². The zero-order valence-electron chi connectivity index (χ0n) is 10.9. The van der Waals surface area contributed by atoms with E-state index < -0.39 is 9.84 Å². The molecule has 0 spiro atoms. The molecule has 0 amide bonds. The smallest absolute Gasteiger partial charge is 0.184 e. The van der Waals surface area contributed by atoms with Gasteiger partial charge in [0.1, 0.15) is 0 Å². The summed E-state index contributed by atoms with van der Waals surface area (Å²) in [6, 6.07) is 5.64. The first-order valence-electron chi connectivity index (χ1n) is 6.26. The Bertz CT molecular complexity index is 540. The maximum absolute atomic E-state index is 12.3. The van der Waals surface area contributed by atoms with Gasteiger partial charge in [0.2, 0.25) is 0 Å². The number of nitrogens with two attached hydrogens (primary N) is 1. The number of hydrogen-bond acceptors (Lipinski definition) is 4. The highest BCUT2D eigenvalue weighted by molar-refractivity contribution is 7.92. The van der Waals surface area contributed by atoms with Gasteiger partial charge in [0.05, 0.1) is 15.8 Å². The Morgan fingerprint density at radius 2 is 2.17 bits per heavy atom. The molecule has 0 radical (unpaired) electrons. The summed E-state index contributed by atoms with van der Waals surface area (Å²) >= 11 is 0. The lowest BCUT2D eigenvalue weighted by atomic mass is 10.2. The fourth-order valence-corrected chi connectivity index (χ4v) is 3.98. The molecule has 100 valence electrons. The Kier molecular flexibility index (Phi) is 3.64. The molecular formula is C13H20N2O2S. The van der Waals surface area contributed by atoms with Crippen molar-refractivity contribution >= 4 is 15.5 Å². The van der Waals surface area contributed by atoms with Crippen molar-refractivity contribution in [3.8, 4) is 0 Å². The molecule has 1 heterocycles. The van der Waals surface area contributed by atoms with Crippen LogP contribution in [-0.4, -0.2) is 33.3 Å². The van der Waals surface area contributed by atoms with Crippen molar-refractivity contribution in [1.29, 1.82) is 0 Å². The van der Waals surface area contributed by atoms with E-state index in [0.717, 1.165) is 24.2 Å². The van der Waals surface area contributed by atoms with E-state index in [-0.39, 0.29) is 5.25 Å². The molecule has 1 aromatic rings. The van der Waals surface area contributed by atoms with Gasteiger partial charge < -0.3 is 10.6 Å². The van der Waals surface area contributed by atoms with Crippen LogP contribution in [0.4, 0.5) is 5.69 Å². The lowest BCUT2D eigenvalue weighted by Crippen LogP contribution is -2.41. The van der Waals surface area contributed by atoms with E-state index in [4.69, 9.17) is 5.73 Å². The summed E-state index contributed by atoms with van der Waals surface area (Å²) in [5.74, 6) is 0. The largest absolute Gasteiger partial charge is 0.369 e. The maximum Gasteiger partial charge on any atom is 0.184 e. The van der Waals surface area contributed by atoms with Crippen LogP contribution in [0, 0.1) is 6.92 Å². The lowest BCUT2D eigenvalue weighted by Gasteiger charge is -2.34. The van der Waals surface area contributed by atoms with Crippen LogP contribution < -0.4 is 10.6 Å². The van der Waals surface area contributed by atoms with Gasteiger partial charge in [-0.15, -0.1) is 0 Å². The molecule has 0 saturated heterocycles. The number of fused-ring (bicyclic) bond motifs is 1. The van der Waals surface area contributed by atoms with Crippen LogP contribution in [0.25, 0.3) is 0 Å². The number of benzene rings is 1. The molecule has 2 N–H and O–H groups in total. The van der Waals surface area contributed by atoms with Crippen LogP contribution in [0.2, 0.25) is 0 Å². The molecule has 5 heteroatoms. The molecule has 0 aliphatic carbocycles. The van der Waals surface area contributed by atoms with Gasteiger partial charge in [-0.1, -0.05) is 6.07 Å².